The topological polar surface area (TPSA) is 58.8 Å². The Balaban J connectivity index is 1.33. The van der Waals surface area contributed by atoms with Gasteiger partial charge in [-0.2, -0.15) is 0 Å². The molecule has 1 atom stereocenters. The summed E-state index contributed by atoms with van der Waals surface area (Å²) in [5.74, 6) is 0.897. The van der Waals surface area contributed by atoms with Crippen LogP contribution < -0.4 is 0 Å². The summed E-state index contributed by atoms with van der Waals surface area (Å²) in [6, 6.07) is 7.81. The van der Waals surface area contributed by atoms with E-state index in [0.717, 1.165) is 56.0 Å². The first-order chi connectivity index (χ1) is 11.3. The van der Waals surface area contributed by atoms with Crippen LogP contribution in [0, 0.1) is 0 Å². The highest BCUT2D eigenvalue weighted by Gasteiger charge is 2.30. The van der Waals surface area contributed by atoms with E-state index in [1.807, 2.05) is 29.2 Å². The van der Waals surface area contributed by atoms with Crippen molar-refractivity contribution in [3.8, 4) is 0 Å². The lowest BCUT2D eigenvalue weighted by Crippen LogP contribution is -2.51. The second-order valence-corrected chi connectivity index (χ2v) is 6.18. The molecule has 1 unspecified atom stereocenters. The molecule has 6 heteroatoms. The van der Waals surface area contributed by atoms with Crippen LogP contribution in [0.3, 0.4) is 0 Å². The van der Waals surface area contributed by atoms with Crippen LogP contribution in [0.5, 0.6) is 0 Å². The maximum atomic E-state index is 12.3. The first kappa shape index (κ1) is 14.7. The van der Waals surface area contributed by atoms with E-state index in [1.54, 1.807) is 0 Å². The van der Waals surface area contributed by atoms with Gasteiger partial charge >= 0.3 is 0 Å². The Morgan fingerprint density at radius 1 is 1.22 bits per heavy atom. The summed E-state index contributed by atoms with van der Waals surface area (Å²) in [6.45, 7) is 4.59. The summed E-state index contributed by atoms with van der Waals surface area (Å²) in [5, 5.41) is 0. The van der Waals surface area contributed by atoms with Crippen molar-refractivity contribution in [2.75, 3.05) is 32.8 Å². The quantitative estimate of drug-likeness (QED) is 0.862. The number of fused-ring (bicyclic) bond motifs is 1. The van der Waals surface area contributed by atoms with Gasteiger partial charge in [-0.1, -0.05) is 12.1 Å². The molecule has 2 fully saturated rings. The van der Waals surface area contributed by atoms with Gasteiger partial charge in [-0.15, -0.1) is 0 Å². The maximum absolute atomic E-state index is 12.3. The van der Waals surface area contributed by atoms with E-state index >= 15 is 0 Å². The monoisotopic (exact) mass is 315 g/mol. The molecule has 1 amide bonds. The number of ether oxygens (including phenoxy) is 1. The predicted molar refractivity (Wildman–Crippen MR) is 84.8 cm³/mol. The highest BCUT2D eigenvalue weighted by atomic mass is 16.5. The van der Waals surface area contributed by atoms with Crippen LogP contribution in [-0.4, -0.2) is 59.6 Å². The number of aromatic nitrogens is 1. The fraction of sp³-hybridized carbons (Fsp3) is 0.529. The van der Waals surface area contributed by atoms with Gasteiger partial charge in [-0.3, -0.25) is 9.69 Å². The van der Waals surface area contributed by atoms with Crippen LogP contribution in [-0.2, 0) is 16.1 Å². The van der Waals surface area contributed by atoms with Crippen LogP contribution in [0.15, 0.2) is 28.7 Å². The summed E-state index contributed by atoms with van der Waals surface area (Å²) in [5.41, 5.74) is 1.73. The molecule has 6 nitrogen and oxygen atoms in total. The van der Waals surface area contributed by atoms with Gasteiger partial charge in [0.05, 0.1) is 6.54 Å². The zero-order chi connectivity index (χ0) is 15.6. The molecule has 0 spiro atoms. The van der Waals surface area contributed by atoms with Crippen molar-refractivity contribution < 1.29 is 13.9 Å². The zero-order valence-corrected chi connectivity index (χ0v) is 13.1. The molecule has 2 aliphatic heterocycles. The maximum Gasteiger partial charge on any atom is 0.251 e. The largest absolute Gasteiger partial charge is 0.439 e. The summed E-state index contributed by atoms with van der Waals surface area (Å²) in [7, 11) is 0. The van der Waals surface area contributed by atoms with Crippen molar-refractivity contribution in [3.63, 3.8) is 0 Å². The average Bonchev–Trinajstić information content (AvgIpc) is 3.24. The standard InChI is InChI=1S/C17H21N3O3/c21-17(15-6-3-11-22-15)20-9-7-19(8-10-20)12-16-18-13-4-1-2-5-14(13)23-16/h1-2,4-5,15H,3,6-12H2. The van der Waals surface area contributed by atoms with Crippen molar-refractivity contribution in [3.05, 3.63) is 30.2 Å². The summed E-state index contributed by atoms with van der Waals surface area (Å²) in [6.07, 6.45) is 1.65. The highest BCUT2D eigenvalue weighted by molar-refractivity contribution is 5.81. The Hall–Kier alpha value is -1.92. The Morgan fingerprint density at radius 2 is 2.04 bits per heavy atom. The molecule has 122 valence electrons. The Bertz CT molecular complexity index is 652. The molecule has 2 aliphatic rings. The number of carbonyl (C=O) groups is 1. The van der Waals surface area contributed by atoms with Crippen molar-refractivity contribution in [2.24, 2.45) is 0 Å². The molecule has 2 aromatic rings. The Morgan fingerprint density at radius 3 is 2.78 bits per heavy atom. The van der Waals surface area contributed by atoms with Crippen LogP contribution >= 0.6 is 0 Å². The van der Waals surface area contributed by atoms with Gasteiger partial charge in [-0.05, 0) is 25.0 Å². The van der Waals surface area contributed by atoms with Gasteiger partial charge in [0.15, 0.2) is 5.58 Å². The molecule has 0 bridgehead atoms. The van der Waals surface area contributed by atoms with Crippen LogP contribution in [0.2, 0.25) is 0 Å². The number of carbonyl (C=O) groups excluding carboxylic acids is 1. The summed E-state index contributed by atoms with van der Waals surface area (Å²) < 4.78 is 11.3. The highest BCUT2D eigenvalue weighted by Crippen LogP contribution is 2.18. The number of hydrogen-bond donors (Lipinski definition) is 0. The molecule has 0 saturated carbocycles. The minimum Gasteiger partial charge on any atom is -0.439 e. The Kier molecular flexibility index (Phi) is 4.01. The second kappa shape index (κ2) is 6.29. The molecule has 0 radical (unpaired) electrons. The normalized spacial score (nSPS) is 22.8. The molecular formula is C17H21N3O3. The number of para-hydroxylation sites is 2. The molecule has 3 heterocycles. The molecule has 1 aromatic heterocycles. The fourth-order valence-corrected chi connectivity index (χ4v) is 3.28. The number of hydrogen-bond acceptors (Lipinski definition) is 5. The van der Waals surface area contributed by atoms with Gasteiger partial charge in [0.25, 0.3) is 5.91 Å². The molecule has 23 heavy (non-hydrogen) atoms. The average molecular weight is 315 g/mol. The third-order valence-corrected chi connectivity index (χ3v) is 4.59. The predicted octanol–water partition coefficient (Wildman–Crippen LogP) is 1.65. The van der Waals surface area contributed by atoms with E-state index in [9.17, 15) is 4.79 Å². The van der Waals surface area contributed by atoms with Gasteiger partial charge < -0.3 is 14.1 Å². The van der Waals surface area contributed by atoms with Gasteiger partial charge in [0, 0.05) is 32.8 Å². The number of oxazole rings is 1. The Labute approximate surface area is 135 Å². The first-order valence-electron chi connectivity index (χ1n) is 8.27. The third-order valence-electron chi connectivity index (χ3n) is 4.59. The molecule has 4 rings (SSSR count). The number of rotatable bonds is 3. The van der Waals surface area contributed by atoms with Gasteiger partial charge in [0.1, 0.15) is 11.6 Å². The van der Waals surface area contributed by atoms with Crippen LogP contribution in [0.1, 0.15) is 18.7 Å². The lowest BCUT2D eigenvalue weighted by atomic mass is 10.2. The number of nitrogens with zero attached hydrogens (tertiary/aromatic N) is 3. The van der Waals surface area contributed by atoms with E-state index in [4.69, 9.17) is 9.15 Å². The fourth-order valence-electron chi connectivity index (χ4n) is 3.28. The first-order valence-corrected chi connectivity index (χ1v) is 8.27. The molecule has 0 N–H and O–H groups in total. The smallest absolute Gasteiger partial charge is 0.251 e. The summed E-state index contributed by atoms with van der Waals surface area (Å²) >= 11 is 0. The molecule has 0 aliphatic carbocycles. The molecule has 1 aromatic carbocycles. The minimum atomic E-state index is -0.210. The SMILES string of the molecule is O=C(C1CCCO1)N1CCN(Cc2nc3ccccc3o2)CC1. The summed E-state index contributed by atoms with van der Waals surface area (Å²) in [4.78, 5) is 21.1. The lowest BCUT2D eigenvalue weighted by molar-refractivity contribution is -0.142. The third kappa shape index (κ3) is 3.09. The minimum absolute atomic E-state index is 0.156. The second-order valence-electron chi connectivity index (χ2n) is 6.18. The number of benzene rings is 1. The van der Waals surface area contributed by atoms with Crippen molar-refractivity contribution in [1.82, 2.24) is 14.8 Å². The van der Waals surface area contributed by atoms with Gasteiger partial charge in [0.2, 0.25) is 5.89 Å². The van der Waals surface area contributed by atoms with Gasteiger partial charge in [-0.25, -0.2) is 4.98 Å². The van der Waals surface area contributed by atoms with E-state index in [-0.39, 0.29) is 12.0 Å². The van der Waals surface area contributed by atoms with E-state index < -0.39 is 0 Å². The lowest BCUT2D eigenvalue weighted by Gasteiger charge is -2.35. The molecular weight excluding hydrogens is 294 g/mol. The van der Waals surface area contributed by atoms with Crippen molar-refractivity contribution in [2.45, 2.75) is 25.5 Å². The zero-order valence-electron chi connectivity index (χ0n) is 13.1. The van der Waals surface area contributed by atoms with Crippen LogP contribution in [0.4, 0.5) is 0 Å². The van der Waals surface area contributed by atoms with Crippen LogP contribution in [0.25, 0.3) is 11.1 Å². The van der Waals surface area contributed by atoms with Crippen molar-refractivity contribution in [1.29, 1.82) is 0 Å². The van der Waals surface area contributed by atoms with E-state index in [0.29, 0.717) is 13.2 Å². The van der Waals surface area contributed by atoms with E-state index in [2.05, 4.69) is 9.88 Å². The number of piperazine rings is 1. The van der Waals surface area contributed by atoms with E-state index in [1.165, 1.54) is 0 Å². The number of amides is 1. The van der Waals surface area contributed by atoms with Crippen molar-refractivity contribution >= 4 is 17.0 Å². The molecule has 2 saturated heterocycles.